The molecule has 7 nitrogen and oxygen atoms in total. The zero-order valence-electron chi connectivity index (χ0n) is 14.8. The number of likely N-dealkylation sites (tertiary alicyclic amines) is 1. The Morgan fingerprint density at radius 2 is 1.79 bits per heavy atom. The standard InChI is InChI=1S/C17H30N4O3/c1-18-17(21-10-8-13(9-11-21)16(23)24-2)19-12-15(22)20-14-6-4-3-5-7-14/h13-14H,3-12H2,1-2H3,(H,18,19)(H,20,22). The number of hydrogen-bond acceptors (Lipinski definition) is 4. The molecule has 0 spiro atoms. The number of carbonyl (C=O) groups is 2. The Kier molecular flexibility index (Phi) is 7.34. The summed E-state index contributed by atoms with van der Waals surface area (Å²) in [5.74, 6) is 0.577. The summed E-state index contributed by atoms with van der Waals surface area (Å²) in [6.45, 7) is 1.72. The molecule has 2 fully saturated rings. The molecule has 2 rings (SSSR count). The molecule has 0 bridgehead atoms. The Morgan fingerprint density at radius 1 is 1.12 bits per heavy atom. The second kappa shape index (κ2) is 9.49. The van der Waals surface area contributed by atoms with Gasteiger partial charge in [0.2, 0.25) is 5.91 Å². The van der Waals surface area contributed by atoms with Gasteiger partial charge in [-0.1, -0.05) is 19.3 Å². The van der Waals surface area contributed by atoms with E-state index in [0.29, 0.717) is 6.04 Å². The normalized spacial score (nSPS) is 20.6. The molecule has 0 aromatic carbocycles. The lowest BCUT2D eigenvalue weighted by atomic mass is 9.95. The van der Waals surface area contributed by atoms with Crippen LogP contribution in [0.5, 0.6) is 0 Å². The van der Waals surface area contributed by atoms with Crippen molar-refractivity contribution in [2.45, 2.75) is 51.0 Å². The molecular formula is C17H30N4O3. The predicted molar refractivity (Wildman–Crippen MR) is 92.7 cm³/mol. The van der Waals surface area contributed by atoms with E-state index in [1.807, 2.05) is 0 Å². The highest BCUT2D eigenvalue weighted by molar-refractivity contribution is 5.86. The quantitative estimate of drug-likeness (QED) is 0.452. The van der Waals surface area contributed by atoms with Crippen LogP contribution in [0.2, 0.25) is 0 Å². The van der Waals surface area contributed by atoms with Crippen LogP contribution in [-0.4, -0.2) is 62.6 Å². The van der Waals surface area contributed by atoms with E-state index in [4.69, 9.17) is 4.74 Å². The van der Waals surface area contributed by atoms with Crippen LogP contribution in [0.25, 0.3) is 0 Å². The van der Waals surface area contributed by atoms with Gasteiger partial charge >= 0.3 is 5.97 Å². The largest absolute Gasteiger partial charge is 0.469 e. The van der Waals surface area contributed by atoms with Crippen molar-refractivity contribution in [3.8, 4) is 0 Å². The van der Waals surface area contributed by atoms with Crippen molar-refractivity contribution in [1.29, 1.82) is 0 Å². The van der Waals surface area contributed by atoms with Crippen molar-refractivity contribution in [3.63, 3.8) is 0 Å². The molecule has 2 N–H and O–H groups in total. The van der Waals surface area contributed by atoms with Gasteiger partial charge < -0.3 is 20.3 Å². The molecular weight excluding hydrogens is 308 g/mol. The van der Waals surface area contributed by atoms with E-state index in [1.54, 1.807) is 7.05 Å². The van der Waals surface area contributed by atoms with E-state index in [9.17, 15) is 9.59 Å². The lowest BCUT2D eigenvalue weighted by molar-refractivity contribution is -0.146. The van der Waals surface area contributed by atoms with Gasteiger partial charge in [0.05, 0.1) is 19.6 Å². The summed E-state index contributed by atoms with van der Waals surface area (Å²) in [5.41, 5.74) is 0. The van der Waals surface area contributed by atoms with Crippen LogP contribution in [0, 0.1) is 5.92 Å². The summed E-state index contributed by atoms with van der Waals surface area (Å²) in [7, 11) is 3.15. The van der Waals surface area contributed by atoms with Crippen molar-refractivity contribution < 1.29 is 14.3 Å². The maximum atomic E-state index is 12.1. The number of methoxy groups -OCH3 is 1. The number of nitrogens with one attached hydrogen (secondary N) is 2. The number of nitrogens with zero attached hydrogens (tertiary/aromatic N) is 2. The lowest BCUT2D eigenvalue weighted by Crippen LogP contribution is -2.50. The zero-order chi connectivity index (χ0) is 17.4. The number of guanidine groups is 1. The number of carbonyl (C=O) groups excluding carboxylic acids is 2. The first-order valence-corrected chi connectivity index (χ1v) is 8.96. The van der Waals surface area contributed by atoms with E-state index < -0.39 is 0 Å². The number of rotatable bonds is 4. The highest BCUT2D eigenvalue weighted by atomic mass is 16.5. The molecule has 0 aromatic heterocycles. The third-order valence-electron chi connectivity index (χ3n) is 4.92. The molecule has 1 aliphatic carbocycles. The first-order chi connectivity index (χ1) is 11.6. The van der Waals surface area contributed by atoms with Crippen LogP contribution in [0.3, 0.4) is 0 Å². The van der Waals surface area contributed by atoms with Gasteiger partial charge in [-0.3, -0.25) is 14.6 Å². The molecule has 1 saturated heterocycles. The first kappa shape index (κ1) is 18.5. The van der Waals surface area contributed by atoms with Gasteiger partial charge in [-0.25, -0.2) is 0 Å². The molecule has 0 unspecified atom stereocenters. The van der Waals surface area contributed by atoms with Crippen LogP contribution in [0.15, 0.2) is 4.99 Å². The Balaban J connectivity index is 1.72. The average Bonchev–Trinajstić information content (AvgIpc) is 2.63. The molecule has 136 valence electrons. The lowest BCUT2D eigenvalue weighted by Gasteiger charge is -2.33. The first-order valence-electron chi connectivity index (χ1n) is 8.96. The van der Waals surface area contributed by atoms with Crippen molar-refractivity contribution >= 4 is 17.8 Å². The fourth-order valence-electron chi connectivity index (χ4n) is 3.51. The number of piperidine rings is 1. The van der Waals surface area contributed by atoms with E-state index in [0.717, 1.165) is 44.7 Å². The van der Waals surface area contributed by atoms with Crippen molar-refractivity contribution in [2.75, 3.05) is 33.8 Å². The summed E-state index contributed by atoms with van der Waals surface area (Å²) < 4.78 is 4.81. The summed E-state index contributed by atoms with van der Waals surface area (Å²) in [5, 5.41) is 6.23. The molecule has 1 aliphatic heterocycles. The Morgan fingerprint density at radius 3 is 2.38 bits per heavy atom. The molecule has 0 aromatic rings. The fourth-order valence-corrected chi connectivity index (χ4v) is 3.51. The molecule has 1 heterocycles. The van der Waals surface area contributed by atoms with Crippen molar-refractivity contribution in [3.05, 3.63) is 0 Å². The van der Waals surface area contributed by atoms with E-state index in [1.165, 1.54) is 26.4 Å². The second-order valence-corrected chi connectivity index (χ2v) is 6.59. The highest BCUT2D eigenvalue weighted by Gasteiger charge is 2.27. The molecule has 7 heteroatoms. The van der Waals surface area contributed by atoms with Gasteiger partial charge in [0, 0.05) is 26.2 Å². The van der Waals surface area contributed by atoms with Gasteiger partial charge in [-0.2, -0.15) is 0 Å². The number of hydrogen-bond donors (Lipinski definition) is 2. The number of ether oxygens (including phenoxy) is 1. The molecule has 0 atom stereocenters. The topological polar surface area (TPSA) is 83.0 Å². The van der Waals surface area contributed by atoms with Crippen molar-refractivity contribution in [2.24, 2.45) is 10.9 Å². The second-order valence-electron chi connectivity index (χ2n) is 6.59. The molecule has 1 saturated carbocycles. The fraction of sp³-hybridized carbons (Fsp3) is 0.824. The van der Waals surface area contributed by atoms with Crippen LogP contribution < -0.4 is 10.6 Å². The highest BCUT2D eigenvalue weighted by Crippen LogP contribution is 2.18. The Hall–Kier alpha value is -1.79. The van der Waals surface area contributed by atoms with Gasteiger partial charge in [-0.15, -0.1) is 0 Å². The maximum absolute atomic E-state index is 12.1. The van der Waals surface area contributed by atoms with Crippen LogP contribution in [0.1, 0.15) is 44.9 Å². The summed E-state index contributed by atoms with van der Waals surface area (Å²) in [6, 6.07) is 0.325. The van der Waals surface area contributed by atoms with E-state index in [2.05, 4.69) is 20.5 Å². The van der Waals surface area contributed by atoms with Crippen molar-refractivity contribution in [1.82, 2.24) is 15.5 Å². The minimum absolute atomic E-state index is 0.0208. The van der Waals surface area contributed by atoms with Crippen LogP contribution >= 0.6 is 0 Å². The summed E-state index contributed by atoms with van der Waals surface area (Å²) >= 11 is 0. The predicted octanol–water partition coefficient (Wildman–Crippen LogP) is 0.896. The van der Waals surface area contributed by atoms with Gasteiger partial charge in [0.1, 0.15) is 0 Å². The third-order valence-corrected chi connectivity index (χ3v) is 4.92. The third kappa shape index (κ3) is 5.39. The molecule has 0 radical (unpaired) electrons. The van der Waals surface area contributed by atoms with E-state index in [-0.39, 0.29) is 24.3 Å². The van der Waals surface area contributed by atoms with E-state index >= 15 is 0 Å². The number of esters is 1. The summed E-state index contributed by atoms with van der Waals surface area (Å²) in [4.78, 5) is 30.0. The van der Waals surface area contributed by atoms with Crippen LogP contribution in [-0.2, 0) is 14.3 Å². The van der Waals surface area contributed by atoms with Crippen LogP contribution in [0.4, 0.5) is 0 Å². The number of aliphatic imine (C=N–C) groups is 1. The molecule has 2 aliphatic rings. The zero-order valence-corrected chi connectivity index (χ0v) is 14.8. The Bertz CT molecular complexity index is 453. The smallest absolute Gasteiger partial charge is 0.308 e. The average molecular weight is 338 g/mol. The Labute approximate surface area is 144 Å². The summed E-state index contributed by atoms with van der Waals surface area (Å²) in [6.07, 6.45) is 7.36. The van der Waals surface area contributed by atoms with Gasteiger partial charge in [0.15, 0.2) is 5.96 Å². The molecule has 1 amide bonds. The minimum Gasteiger partial charge on any atom is -0.469 e. The molecule has 24 heavy (non-hydrogen) atoms. The van der Waals surface area contributed by atoms with Gasteiger partial charge in [0.25, 0.3) is 0 Å². The van der Waals surface area contributed by atoms with Gasteiger partial charge in [-0.05, 0) is 25.7 Å². The SMILES string of the molecule is CN=C(NCC(=O)NC1CCCCC1)N1CCC(C(=O)OC)CC1. The monoisotopic (exact) mass is 338 g/mol. The minimum atomic E-state index is -0.135. The number of amides is 1. The maximum Gasteiger partial charge on any atom is 0.308 e.